The molecule has 14 nitrogen and oxygen atoms in total. The van der Waals surface area contributed by atoms with Gasteiger partial charge in [0.1, 0.15) is 11.7 Å². The molecule has 0 saturated carbocycles. The predicted octanol–water partition coefficient (Wildman–Crippen LogP) is 2.80. The number of carbonyl (C=O) groups excluding carboxylic acids is 2. The number of H-pyrrole nitrogens is 1. The third kappa shape index (κ3) is 7.88. The van der Waals surface area contributed by atoms with Crippen LogP contribution in [0.5, 0.6) is 6.01 Å². The lowest BCUT2D eigenvalue weighted by atomic mass is 10.1. The zero-order chi connectivity index (χ0) is 33.3. The molecule has 5 rings (SSSR count). The number of pyridine rings is 1. The molecule has 1 aliphatic rings. The number of hydrogen-bond acceptors (Lipinski definition) is 11. The number of rotatable bonds is 14. The molecule has 250 valence electrons. The van der Waals surface area contributed by atoms with Crippen molar-refractivity contribution in [3.8, 4) is 6.01 Å². The molecule has 2 atom stereocenters. The Morgan fingerprint density at radius 3 is 2.51 bits per heavy atom. The van der Waals surface area contributed by atoms with Crippen LogP contribution < -0.4 is 26.4 Å². The van der Waals surface area contributed by atoms with E-state index in [9.17, 15) is 14.4 Å². The van der Waals surface area contributed by atoms with E-state index in [0.717, 1.165) is 36.1 Å². The average Bonchev–Trinajstić information content (AvgIpc) is 3.43. The van der Waals surface area contributed by atoms with Crippen LogP contribution in [0.1, 0.15) is 56.8 Å². The predicted molar refractivity (Wildman–Crippen MR) is 178 cm³/mol. The van der Waals surface area contributed by atoms with Crippen molar-refractivity contribution in [2.75, 3.05) is 44.0 Å². The number of fused-ring (bicyclic) bond motifs is 1. The largest absolute Gasteiger partial charge is 0.469 e. The molecule has 0 bridgehead atoms. The summed E-state index contributed by atoms with van der Waals surface area (Å²) in [6.07, 6.45) is 6.30. The second kappa shape index (κ2) is 15.5. The Balaban J connectivity index is 1.41. The first-order valence-electron chi connectivity index (χ1n) is 16.1. The highest BCUT2D eigenvalue weighted by atomic mass is 16.5. The van der Waals surface area contributed by atoms with E-state index in [1.165, 1.54) is 7.11 Å². The number of aromatic amines is 1. The number of nitrogen functional groups attached to an aromatic ring is 1. The number of nitrogens with one attached hydrogen (secondary N) is 2. The zero-order valence-corrected chi connectivity index (χ0v) is 27.1. The number of piperazine rings is 1. The topological polar surface area (TPSA) is 174 Å². The van der Waals surface area contributed by atoms with Crippen LogP contribution in [0, 0.1) is 0 Å². The first kappa shape index (κ1) is 33.4. The summed E-state index contributed by atoms with van der Waals surface area (Å²) < 4.78 is 12.1. The fraction of sp³-hybridized carbons (Fsp3) is 0.455. The molecule has 3 aromatic heterocycles. The number of unbranched alkanes of at least 4 members (excludes halogenated alkanes) is 1. The maximum absolute atomic E-state index is 13.7. The van der Waals surface area contributed by atoms with Gasteiger partial charge < -0.3 is 30.4 Å². The summed E-state index contributed by atoms with van der Waals surface area (Å²) >= 11 is 0. The Hall–Kier alpha value is -4.98. The Labute approximate surface area is 273 Å². The van der Waals surface area contributed by atoms with Crippen LogP contribution in [-0.4, -0.2) is 80.7 Å². The summed E-state index contributed by atoms with van der Waals surface area (Å²) in [5.41, 5.74) is 9.21. The SMILES string of the molecule is CCCCOc1nc(N)c2[nH]c(=O)n(C3CN(C(CCC)C(=O)NCc4ccc(CC(=O)OC)cc4)CCN3c3ccncc3)c2n1. The van der Waals surface area contributed by atoms with E-state index in [0.29, 0.717) is 50.4 Å². The number of nitrogens with zero attached hydrogens (tertiary/aromatic N) is 6. The summed E-state index contributed by atoms with van der Waals surface area (Å²) in [5.74, 6) is -0.268. The molecule has 4 N–H and O–H groups in total. The zero-order valence-electron chi connectivity index (χ0n) is 27.1. The summed E-state index contributed by atoms with van der Waals surface area (Å²) in [5, 5.41) is 3.10. The first-order valence-corrected chi connectivity index (χ1v) is 16.1. The molecule has 1 saturated heterocycles. The van der Waals surface area contributed by atoms with Crippen LogP contribution in [0.15, 0.2) is 53.6 Å². The number of imidazole rings is 1. The van der Waals surface area contributed by atoms with Crippen molar-refractivity contribution in [1.29, 1.82) is 0 Å². The van der Waals surface area contributed by atoms with Crippen molar-refractivity contribution in [1.82, 2.24) is 34.7 Å². The number of benzene rings is 1. The van der Waals surface area contributed by atoms with Crippen LogP contribution in [0.2, 0.25) is 0 Å². The molecule has 0 radical (unpaired) electrons. The monoisotopic (exact) mass is 645 g/mol. The van der Waals surface area contributed by atoms with Gasteiger partial charge in [0.25, 0.3) is 0 Å². The Morgan fingerprint density at radius 2 is 1.81 bits per heavy atom. The van der Waals surface area contributed by atoms with E-state index in [1.54, 1.807) is 17.0 Å². The molecule has 1 fully saturated rings. The van der Waals surface area contributed by atoms with Crippen molar-refractivity contribution >= 4 is 34.5 Å². The number of methoxy groups -OCH3 is 1. The quantitative estimate of drug-likeness (QED) is 0.136. The van der Waals surface area contributed by atoms with Gasteiger partial charge in [-0.25, -0.2) is 4.79 Å². The second-order valence-corrected chi connectivity index (χ2v) is 11.6. The lowest BCUT2D eigenvalue weighted by molar-refractivity contribution is -0.139. The molecule has 47 heavy (non-hydrogen) atoms. The minimum Gasteiger partial charge on any atom is -0.469 e. The van der Waals surface area contributed by atoms with Gasteiger partial charge in [0.15, 0.2) is 11.5 Å². The van der Waals surface area contributed by atoms with Crippen molar-refractivity contribution in [2.24, 2.45) is 0 Å². The molecule has 0 aliphatic carbocycles. The minimum atomic E-state index is -0.528. The van der Waals surface area contributed by atoms with E-state index in [-0.39, 0.29) is 35.8 Å². The molecule has 14 heteroatoms. The normalized spacial score (nSPS) is 15.8. The van der Waals surface area contributed by atoms with Gasteiger partial charge in [0.2, 0.25) is 5.91 Å². The van der Waals surface area contributed by atoms with Gasteiger partial charge in [0.05, 0.1) is 26.2 Å². The van der Waals surface area contributed by atoms with E-state index in [1.807, 2.05) is 36.4 Å². The van der Waals surface area contributed by atoms with Crippen LogP contribution >= 0.6 is 0 Å². The van der Waals surface area contributed by atoms with E-state index in [4.69, 9.17) is 15.2 Å². The van der Waals surface area contributed by atoms with Gasteiger partial charge in [-0.15, -0.1) is 0 Å². The van der Waals surface area contributed by atoms with Crippen molar-refractivity contribution in [2.45, 2.75) is 64.7 Å². The Bertz CT molecular complexity index is 1710. The summed E-state index contributed by atoms with van der Waals surface area (Å²) in [6.45, 7) is 6.40. The lowest BCUT2D eigenvalue weighted by Crippen LogP contribution is -2.58. The third-order valence-corrected chi connectivity index (χ3v) is 8.35. The van der Waals surface area contributed by atoms with Gasteiger partial charge >= 0.3 is 17.7 Å². The molecular weight excluding hydrogens is 602 g/mol. The fourth-order valence-electron chi connectivity index (χ4n) is 5.85. The molecular formula is C33H43N9O5. The molecule has 1 aliphatic heterocycles. The Kier molecular flexibility index (Phi) is 11.0. The van der Waals surface area contributed by atoms with Gasteiger partial charge in [-0.1, -0.05) is 51.0 Å². The summed E-state index contributed by atoms with van der Waals surface area (Å²) in [7, 11) is 1.36. The van der Waals surface area contributed by atoms with E-state index in [2.05, 4.69) is 48.9 Å². The van der Waals surface area contributed by atoms with Crippen molar-refractivity contribution in [3.05, 3.63) is 70.4 Å². The number of nitrogens with two attached hydrogens (primary N) is 1. The summed E-state index contributed by atoms with van der Waals surface area (Å²) in [6, 6.07) is 11.0. The maximum atomic E-state index is 13.7. The first-order chi connectivity index (χ1) is 22.8. The van der Waals surface area contributed by atoms with Gasteiger partial charge in [0, 0.05) is 44.3 Å². The smallest absolute Gasteiger partial charge is 0.329 e. The molecule has 2 unspecified atom stereocenters. The molecule has 4 heterocycles. The number of esters is 1. The fourth-order valence-corrected chi connectivity index (χ4v) is 5.85. The highest BCUT2D eigenvalue weighted by Gasteiger charge is 2.36. The van der Waals surface area contributed by atoms with Crippen LogP contribution in [0.3, 0.4) is 0 Å². The van der Waals surface area contributed by atoms with Crippen molar-refractivity contribution < 1.29 is 19.1 Å². The highest BCUT2D eigenvalue weighted by Crippen LogP contribution is 2.30. The standard InChI is InChI=1S/C33H43N9O5/c1-4-6-18-47-32-38-29(34)28-30(39-32)42(33(45)37-28)26-21-40(16-17-41(26)24-12-14-35-15-13-24)25(7-5-2)31(44)36-20-23-10-8-22(9-11-23)19-27(43)46-3/h8-15,25-26H,4-7,16-21H2,1-3H3,(H,36,44)(H,37,45)(H2,34,38,39). The number of aromatic nitrogens is 5. The summed E-state index contributed by atoms with van der Waals surface area (Å²) in [4.78, 5) is 59.1. The van der Waals surface area contributed by atoms with Crippen LogP contribution in [0.25, 0.3) is 11.2 Å². The average molecular weight is 646 g/mol. The molecule has 4 aromatic rings. The number of hydrogen-bond donors (Lipinski definition) is 3. The van der Waals surface area contributed by atoms with Gasteiger partial charge in [-0.05, 0) is 36.1 Å². The van der Waals surface area contributed by atoms with E-state index >= 15 is 0 Å². The lowest BCUT2D eigenvalue weighted by Gasteiger charge is -2.45. The van der Waals surface area contributed by atoms with Crippen LogP contribution in [0.4, 0.5) is 11.5 Å². The molecule has 1 aromatic carbocycles. The molecule has 0 spiro atoms. The number of ether oxygens (including phenoxy) is 2. The molecule has 1 amide bonds. The number of carbonyl (C=O) groups is 2. The highest BCUT2D eigenvalue weighted by molar-refractivity contribution is 5.83. The van der Waals surface area contributed by atoms with E-state index < -0.39 is 12.2 Å². The minimum absolute atomic E-state index is 0.0916. The Morgan fingerprint density at radius 1 is 1.06 bits per heavy atom. The number of amides is 1. The maximum Gasteiger partial charge on any atom is 0.329 e. The van der Waals surface area contributed by atoms with Crippen molar-refractivity contribution in [3.63, 3.8) is 0 Å². The van der Waals surface area contributed by atoms with Gasteiger partial charge in [-0.2, -0.15) is 9.97 Å². The number of anilines is 2. The van der Waals surface area contributed by atoms with Gasteiger partial charge in [-0.3, -0.25) is 24.0 Å². The third-order valence-electron chi connectivity index (χ3n) is 8.35. The second-order valence-electron chi connectivity index (χ2n) is 11.6. The van der Waals surface area contributed by atoms with Crippen LogP contribution in [-0.2, 0) is 27.3 Å².